The van der Waals surface area contributed by atoms with Crippen molar-refractivity contribution in [2.24, 2.45) is 5.92 Å². The van der Waals surface area contributed by atoms with Gasteiger partial charge in [0.25, 0.3) is 5.91 Å². The summed E-state index contributed by atoms with van der Waals surface area (Å²) < 4.78 is 42.8. The van der Waals surface area contributed by atoms with Gasteiger partial charge in [-0.15, -0.1) is 0 Å². The average Bonchev–Trinajstić information content (AvgIpc) is 2.53. The molecule has 0 saturated heterocycles. The molecule has 9 heteroatoms. The van der Waals surface area contributed by atoms with Gasteiger partial charge in [0.2, 0.25) is 0 Å². The first-order valence-electron chi connectivity index (χ1n) is 7.43. The van der Waals surface area contributed by atoms with Gasteiger partial charge in [-0.25, -0.2) is 4.79 Å². The van der Waals surface area contributed by atoms with Crippen LogP contribution < -0.4 is 5.32 Å². The predicted molar refractivity (Wildman–Crippen MR) is 80.7 cm³/mol. The zero-order chi connectivity index (χ0) is 19.2. The number of amides is 1. The predicted octanol–water partition coefficient (Wildman–Crippen LogP) is 2.48. The fraction of sp³-hybridized carbons (Fsp3) is 0.438. The van der Waals surface area contributed by atoms with Gasteiger partial charge >= 0.3 is 18.1 Å². The van der Waals surface area contributed by atoms with E-state index in [0.29, 0.717) is 6.07 Å². The summed E-state index contributed by atoms with van der Waals surface area (Å²) in [6.45, 7) is 3.15. The zero-order valence-corrected chi connectivity index (χ0v) is 13.6. The van der Waals surface area contributed by atoms with Crippen LogP contribution in [0.25, 0.3) is 0 Å². The first-order chi connectivity index (χ1) is 11.6. The number of halogens is 3. The lowest BCUT2D eigenvalue weighted by Crippen LogP contribution is -2.42. The number of alkyl halides is 3. The van der Waals surface area contributed by atoms with Gasteiger partial charge in [-0.1, -0.05) is 13.0 Å². The Kier molecular flexibility index (Phi) is 6.96. The van der Waals surface area contributed by atoms with Gasteiger partial charge in [0.15, 0.2) is 0 Å². The Hall–Kier alpha value is -2.58. The minimum absolute atomic E-state index is 0.123. The Morgan fingerprint density at radius 1 is 1.28 bits per heavy atom. The fourth-order valence-corrected chi connectivity index (χ4v) is 2.03. The van der Waals surface area contributed by atoms with Crippen LogP contribution in [0.15, 0.2) is 24.3 Å². The third-order valence-corrected chi connectivity index (χ3v) is 3.33. The molecule has 0 saturated carbocycles. The van der Waals surface area contributed by atoms with Gasteiger partial charge in [0.1, 0.15) is 6.04 Å². The van der Waals surface area contributed by atoms with Gasteiger partial charge < -0.3 is 15.2 Å². The zero-order valence-electron chi connectivity index (χ0n) is 13.6. The molecule has 0 fully saturated rings. The van der Waals surface area contributed by atoms with Crippen LogP contribution in [-0.4, -0.2) is 35.6 Å². The second-order valence-electron chi connectivity index (χ2n) is 5.33. The molecule has 0 heterocycles. The molecule has 0 spiro atoms. The molecule has 0 bridgehead atoms. The van der Waals surface area contributed by atoms with Crippen molar-refractivity contribution in [3.8, 4) is 0 Å². The Bertz CT molecular complexity index is 645. The molecule has 0 radical (unpaired) electrons. The number of rotatable bonds is 7. The quantitative estimate of drug-likeness (QED) is 0.728. The molecule has 6 nitrogen and oxygen atoms in total. The van der Waals surface area contributed by atoms with Crippen molar-refractivity contribution in [3.63, 3.8) is 0 Å². The van der Waals surface area contributed by atoms with Crippen molar-refractivity contribution in [3.05, 3.63) is 35.4 Å². The summed E-state index contributed by atoms with van der Waals surface area (Å²) in [5.74, 6) is -3.81. The van der Waals surface area contributed by atoms with E-state index in [1.54, 1.807) is 6.92 Å². The van der Waals surface area contributed by atoms with Crippen LogP contribution >= 0.6 is 0 Å². The molecular formula is C16H18F3NO5. The second kappa shape index (κ2) is 8.50. The Morgan fingerprint density at radius 3 is 2.44 bits per heavy atom. The van der Waals surface area contributed by atoms with Gasteiger partial charge in [0, 0.05) is 5.56 Å². The first kappa shape index (κ1) is 20.5. The standard InChI is InChI=1S/C16H18F3NO5/c1-3-25-15(24)9(2)7-12(14(22)23)20-13(21)10-5-4-6-11(8-10)16(17,18)19/h4-6,8-9,12H,3,7H2,1-2H3,(H,20,21)(H,22,23)/t9-,12+/m0/s1. The number of aliphatic carboxylic acids is 1. The van der Waals surface area contributed by atoms with E-state index in [1.807, 2.05) is 0 Å². The smallest absolute Gasteiger partial charge is 0.416 e. The number of nitrogens with one attached hydrogen (secondary N) is 1. The van der Waals surface area contributed by atoms with Crippen LogP contribution in [0.2, 0.25) is 0 Å². The molecule has 0 unspecified atom stereocenters. The number of hydrogen-bond acceptors (Lipinski definition) is 4. The number of carboxylic acid groups (broad SMARTS) is 1. The second-order valence-corrected chi connectivity index (χ2v) is 5.33. The van der Waals surface area contributed by atoms with Gasteiger partial charge in [-0.3, -0.25) is 9.59 Å². The Morgan fingerprint density at radius 2 is 1.92 bits per heavy atom. The van der Waals surface area contributed by atoms with Crippen molar-refractivity contribution in [1.29, 1.82) is 0 Å². The van der Waals surface area contributed by atoms with Gasteiger partial charge in [-0.05, 0) is 31.5 Å². The minimum atomic E-state index is -4.62. The number of hydrogen-bond donors (Lipinski definition) is 2. The summed E-state index contributed by atoms with van der Waals surface area (Å²) in [6.07, 6.45) is -4.88. The van der Waals surface area contributed by atoms with Crippen LogP contribution in [0.3, 0.4) is 0 Å². The lowest BCUT2D eigenvalue weighted by atomic mass is 10.0. The van der Waals surface area contributed by atoms with Crippen molar-refractivity contribution >= 4 is 17.8 Å². The number of carbonyl (C=O) groups is 3. The molecule has 1 aromatic carbocycles. The normalized spacial score (nSPS) is 13.6. The topological polar surface area (TPSA) is 92.7 Å². The summed E-state index contributed by atoms with van der Waals surface area (Å²) in [4.78, 5) is 34.9. The first-order valence-corrected chi connectivity index (χ1v) is 7.43. The molecule has 0 aliphatic heterocycles. The minimum Gasteiger partial charge on any atom is -0.480 e. The van der Waals surface area contributed by atoms with Crippen LogP contribution in [0.5, 0.6) is 0 Å². The van der Waals surface area contributed by atoms with E-state index < -0.39 is 41.5 Å². The lowest BCUT2D eigenvalue weighted by Gasteiger charge is -2.18. The molecule has 0 aliphatic rings. The van der Waals surface area contributed by atoms with E-state index in [2.05, 4.69) is 5.32 Å². The molecule has 1 rings (SSSR count). The highest BCUT2D eigenvalue weighted by atomic mass is 19.4. The van der Waals surface area contributed by atoms with Crippen LogP contribution in [0.1, 0.15) is 36.2 Å². The highest BCUT2D eigenvalue weighted by Crippen LogP contribution is 2.29. The molecule has 1 aromatic rings. The van der Waals surface area contributed by atoms with E-state index in [1.165, 1.54) is 6.92 Å². The SMILES string of the molecule is CCOC(=O)[C@@H](C)C[C@@H](NC(=O)c1cccc(C(F)(F)F)c1)C(=O)O. The molecule has 0 aliphatic carbocycles. The Labute approximate surface area is 142 Å². The highest BCUT2D eigenvalue weighted by molar-refractivity contribution is 5.96. The van der Waals surface area contributed by atoms with E-state index >= 15 is 0 Å². The highest BCUT2D eigenvalue weighted by Gasteiger charge is 2.31. The molecule has 25 heavy (non-hydrogen) atoms. The van der Waals surface area contributed by atoms with E-state index in [9.17, 15) is 27.6 Å². The summed E-state index contributed by atoms with van der Waals surface area (Å²) in [5.41, 5.74) is -1.35. The summed E-state index contributed by atoms with van der Waals surface area (Å²) in [5, 5.41) is 11.3. The fourth-order valence-electron chi connectivity index (χ4n) is 2.03. The maximum absolute atomic E-state index is 12.7. The van der Waals surface area contributed by atoms with Crippen LogP contribution in [0.4, 0.5) is 13.2 Å². The number of ether oxygens (including phenoxy) is 1. The van der Waals surface area contributed by atoms with E-state index in [0.717, 1.165) is 18.2 Å². The number of esters is 1. The van der Waals surface area contributed by atoms with Gasteiger partial charge in [-0.2, -0.15) is 13.2 Å². The molecule has 2 atom stereocenters. The van der Waals surface area contributed by atoms with Crippen LogP contribution in [0, 0.1) is 5.92 Å². The molecule has 0 aromatic heterocycles. The van der Waals surface area contributed by atoms with Crippen molar-refractivity contribution in [2.45, 2.75) is 32.5 Å². The van der Waals surface area contributed by atoms with Crippen molar-refractivity contribution in [2.75, 3.05) is 6.61 Å². The number of carbonyl (C=O) groups excluding carboxylic acids is 2. The van der Waals surface area contributed by atoms with E-state index in [4.69, 9.17) is 9.84 Å². The third kappa shape index (κ3) is 6.09. The number of carboxylic acids is 1. The maximum Gasteiger partial charge on any atom is 0.416 e. The summed E-state index contributed by atoms with van der Waals surface area (Å²) in [7, 11) is 0. The molecule has 1 amide bonds. The van der Waals surface area contributed by atoms with E-state index in [-0.39, 0.29) is 18.6 Å². The van der Waals surface area contributed by atoms with Crippen molar-refractivity contribution < 1.29 is 37.4 Å². The summed E-state index contributed by atoms with van der Waals surface area (Å²) >= 11 is 0. The summed E-state index contributed by atoms with van der Waals surface area (Å²) in [6, 6.07) is 2.17. The maximum atomic E-state index is 12.7. The van der Waals surface area contributed by atoms with Gasteiger partial charge in [0.05, 0.1) is 18.1 Å². The average molecular weight is 361 g/mol. The molecule has 2 N–H and O–H groups in total. The molecule has 138 valence electrons. The van der Waals surface area contributed by atoms with Crippen molar-refractivity contribution in [1.82, 2.24) is 5.32 Å². The Balaban J connectivity index is 2.87. The lowest BCUT2D eigenvalue weighted by molar-refractivity contribution is -0.148. The third-order valence-electron chi connectivity index (χ3n) is 3.33. The largest absolute Gasteiger partial charge is 0.480 e. The molecular weight excluding hydrogens is 343 g/mol. The monoisotopic (exact) mass is 361 g/mol. The number of benzene rings is 1. The van der Waals surface area contributed by atoms with Crippen LogP contribution in [-0.2, 0) is 20.5 Å².